The van der Waals surface area contributed by atoms with Crippen molar-refractivity contribution in [2.45, 2.75) is 145 Å². The second kappa shape index (κ2) is 30.5. The van der Waals surface area contributed by atoms with Crippen LogP contribution in [0.5, 0.6) is 0 Å². The van der Waals surface area contributed by atoms with E-state index in [0.717, 1.165) is 38.9 Å². The molecule has 7 aromatic carbocycles. The van der Waals surface area contributed by atoms with Gasteiger partial charge in [0.15, 0.2) is 18.9 Å². The third kappa shape index (κ3) is 16.4. The van der Waals surface area contributed by atoms with E-state index in [1.165, 1.54) is 0 Å². The Labute approximate surface area is 480 Å². The third-order valence-corrected chi connectivity index (χ3v) is 14.8. The zero-order chi connectivity index (χ0) is 56.3. The van der Waals surface area contributed by atoms with Gasteiger partial charge in [0, 0.05) is 0 Å². The van der Waals surface area contributed by atoms with Crippen molar-refractivity contribution in [3.05, 3.63) is 251 Å². The molecule has 0 amide bonds. The van der Waals surface area contributed by atoms with Gasteiger partial charge >= 0.3 is 0 Å². The van der Waals surface area contributed by atoms with Crippen LogP contribution in [0.3, 0.4) is 0 Å². The van der Waals surface area contributed by atoms with Gasteiger partial charge in [0.2, 0.25) is 0 Å². The Hall–Kier alpha value is -6.06. The monoisotopic (exact) mass is 1120 g/mol. The summed E-state index contributed by atoms with van der Waals surface area (Å²) >= 11 is 0. The molecular formula is C67H74O15. The van der Waals surface area contributed by atoms with E-state index >= 15 is 0 Å². The number of aliphatic hydroxyl groups is 3. The van der Waals surface area contributed by atoms with Gasteiger partial charge in [-0.2, -0.15) is 0 Å². The summed E-state index contributed by atoms with van der Waals surface area (Å²) in [4.78, 5) is 0. The lowest BCUT2D eigenvalue weighted by molar-refractivity contribution is -0.386. The molecule has 3 saturated heterocycles. The zero-order valence-corrected chi connectivity index (χ0v) is 46.0. The second-order valence-electron chi connectivity index (χ2n) is 20.8. The lowest BCUT2D eigenvalue weighted by Gasteiger charge is -2.50. The summed E-state index contributed by atoms with van der Waals surface area (Å²) in [6.07, 6.45) is -17.5. The largest absolute Gasteiger partial charge is 0.387 e. The molecule has 0 unspecified atom stereocenters. The Kier molecular flexibility index (Phi) is 22.0. The van der Waals surface area contributed by atoms with Crippen molar-refractivity contribution in [1.82, 2.24) is 0 Å². The summed E-state index contributed by atoms with van der Waals surface area (Å²) in [6.45, 7) is 2.94. The van der Waals surface area contributed by atoms with Crippen LogP contribution in [0.4, 0.5) is 0 Å². The minimum absolute atomic E-state index is 0.0487. The standard InChI is InChI=1S/C67H74O15/c1-46-58(73-39-49-27-13-4-14-28-49)62(63(65(70)78-46)76-42-52-33-19-7-20-34-52)82-66-57(69)56(68)59(54(79-66)44-71-37-47-23-9-2-10-24-47)81-67-64(77-43-53-35-21-8-22-36-53)61(75-41-51-31-17-6-18-32-51)60(74-40-50-29-15-5-16-30-50)55(80-67)45-72-38-48-25-11-3-12-26-48/h2-36,46,54-70H,37-45H2,1H3/t46-,54+,55+,56+,57+,58-,59-,60-,61-,62+,63+,64+,65+,66+,67+/m0/s1. The van der Waals surface area contributed by atoms with Crippen molar-refractivity contribution < 1.29 is 72.2 Å². The summed E-state index contributed by atoms with van der Waals surface area (Å²) in [5, 5.41) is 36.8. The normalized spacial score (nSPS) is 28.4. The summed E-state index contributed by atoms with van der Waals surface area (Å²) in [5.74, 6) is 0. The highest BCUT2D eigenvalue weighted by molar-refractivity contribution is 5.19. The molecule has 3 fully saturated rings. The van der Waals surface area contributed by atoms with E-state index in [2.05, 4.69) is 0 Å². The molecule has 0 radical (unpaired) electrons. The minimum Gasteiger partial charge on any atom is -0.387 e. The molecular weight excluding hydrogens is 1040 g/mol. The topological polar surface area (TPSA) is 171 Å². The van der Waals surface area contributed by atoms with E-state index in [1.807, 2.05) is 212 Å². The molecule has 15 nitrogen and oxygen atoms in total. The number of rotatable bonds is 27. The fourth-order valence-corrected chi connectivity index (χ4v) is 10.4. The van der Waals surface area contributed by atoms with E-state index in [0.29, 0.717) is 0 Å². The fourth-order valence-electron chi connectivity index (χ4n) is 10.4. The van der Waals surface area contributed by atoms with Crippen LogP contribution < -0.4 is 0 Å². The van der Waals surface area contributed by atoms with Gasteiger partial charge in [0.1, 0.15) is 67.1 Å². The van der Waals surface area contributed by atoms with Crippen molar-refractivity contribution in [3.8, 4) is 0 Å². The first kappa shape index (κ1) is 59.1. The average Bonchev–Trinajstić information content (AvgIpc) is 3.71. The summed E-state index contributed by atoms with van der Waals surface area (Å²) in [6, 6.07) is 68.1. The van der Waals surface area contributed by atoms with Crippen LogP contribution in [-0.2, 0) is 103 Å². The van der Waals surface area contributed by atoms with Gasteiger partial charge in [-0.15, -0.1) is 0 Å². The van der Waals surface area contributed by atoms with Crippen molar-refractivity contribution >= 4 is 0 Å². The molecule has 15 atom stereocenters. The number of ether oxygens (including phenoxy) is 12. The SMILES string of the molecule is C[C@@H]1O[C@@H](O)[C@H](OCc2ccccc2)[C@H](O[C@H]2O[C@H](COCc3ccccc3)[C@H](O[C@H]3O[C@H](COCc4ccccc4)[C@H](OCc4ccccc4)[C@H](OCc4ccccc4)[C@H]3OCc3ccccc3)[C@H](O)[C@H]2O)[C@H]1OCc1ccccc1. The molecule has 432 valence electrons. The van der Waals surface area contributed by atoms with E-state index in [1.54, 1.807) is 6.92 Å². The molecule has 3 aliphatic rings. The summed E-state index contributed by atoms with van der Waals surface area (Å²) in [7, 11) is 0. The smallest absolute Gasteiger partial charge is 0.187 e. The Morgan fingerprint density at radius 1 is 0.305 bits per heavy atom. The van der Waals surface area contributed by atoms with E-state index in [4.69, 9.17) is 56.8 Å². The van der Waals surface area contributed by atoms with Gasteiger partial charge in [0.25, 0.3) is 0 Å². The predicted molar refractivity (Wildman–Crippen MR) is 303 cm³/mol. The molecule has 0 bridgehead atoms. The second-order valence-corrected chi connectivity index (χ2v) is 20.8. The van der Waals surface area contributed by atoms with Crippen molar-refractivity contribution in [2.75, 3.05) is 13.2 Å². The maximum absolute atomic E-state index is 12.7. The van der Waals surface area contributed by atoms with Gasteiger partial charge in [-0.1, -0.05) is 212 Å². The Morgan fingerprint density at radius 3 is 1.04 bits per heavy atom. The highest BCUT2D eigenvalue weighted by Crippen LogP contribution is 2.37. The highest BCUT2D eigenvalue weighted by Gasteiger charge is 2.55. The first-order chi connectivity index (χ1) is 40.3. The average molecular weight is 1120 g/mol. The van der Waals surface area contributed by atoms with Gasteiger partial charge in [-0.3, -0.25) is 0 Å². The van der Waals surface area contributed by atoms with Gasteiger partial charge in [-0.05, 0) is 45.9 Å². The maximum Gasteiger partial charge on any atom is 0.187 e. The minimum atomic E-state index is -1.75. The van der Waals surface area contributed by atoms with Crippen LogP contribution in [0, 0.1) is 0 Å². The number of benzene rings is 7. The maximum atomic E-state index is 12.7. The summed E-state index contributed by atoms with van der Waals surface area (Å²) < 4.78 is 80.6. The van der Waals surface area contributed by atoms with Crippen LogP contribution in [-0.4, -0.2) is 121 Å². The number of hydrogen-bond donors (Lipinski definition) is 3. The van der Waals surface area contributed by atoms with Crippen LogP contribution in [0.2, 0.25) is 0 Å². The third-order valence-electron chi connectivity index (χ3n) is 14.8. The first-order valence-corrected chi connectivity index (χ1v) is 28.2. The van der Waals surface area contributed by atoms with Gasteiger partial charge < -0.3 is 72.2 Å². The Bertz CT molecular complexity index is 2810. The van der Waals surface area contributed by atoms with Crippen molar-refractivity contribution in [2.24, 2.45) is 0 Å². The molecule has 0 spiro atoms. The Balaban J connectivity index is 0.981. The predicted octanol–water partition coefficient (Wildman–Crippen LogP) is 9.03. The fraction of sp³-hybridized carbons (Fsp3) is 0.373. The quantitative estimate of drug-likeness (QED) is 0.0445. The molecule has 0 saturated carbocycles. The van der Waals surface area contributed by atoms with E-state index < -0.39 is 92.1 Å². The molecule has 15 heteroatoms. The molecule has 82 heavy (non-hydrogen) atoms. The molecule has 3 heterocycles. The van der Waals surface area contributed by atoms with E-state index in [9.17, 15) is 15.3 Å². The number of hydrogen-bond acceptors (Lipinski definition) is 15. The summed E-state index contributed by atoms with van der Waals surface area (Å²) in [5.41, 5.74) is 6.34. The van der Waals surface area contributed by atoms with Crippen molar-refractivity contribution in [1.29, 1.82) is 0 Å². The highest BCUT2D eigenvalue weighted by atomic mass is 16.8. The first-order valence-electron chi connectivity index (χ1n) is 28.2. The van der Waals surface area contributed by atoms with Gasteiger partial charge in [-0.25, -0.2) is 0 Å². The van der Waals surface area contributed by atoms with Crippen LogP contribution in [0.1, 0.15) is 45.9 Å². The van der Waals surface area contributed by atoms with Crippen molar-refractivity contribution in [3.63, 3.8) is 0 Å². The van der Waals surface area contributed by atoms with Crippen LogP contribution in [0.15, 0.2) is 212 Å². The van der Waals surface area contributed by atoms with Gasteiger partial charge in [0.05, 0.1) is 65.6 Å². The Morgan fingerprint density at radius 2 is 0.622 bits per heavy atom. The number of aliphatic hydroxyl groups excluding tert-OH is 3. The lowest BCUT2D eigenvalue weighted by Crippen LogP contribution is -2.67. The van der Waals surface area contributed by atoms with E-state index in [-0.39, 0.29) is 59.5 Å². The molecule has 3 aliphatic heterocycles. The molecule has 0 aliphatic carbocycles. The molecule has 10 rings (SSSR count). The lowest BCUT2D eigenvalue weighted by atomic mass is 9.95. The van der Waals surface area contributed by atoms with Crippen LogP contribution >= 0.6 is 0 Å². The molecule has 0 aromatic heterocycles. The van der Waals surface area contributed by atoms with Crippen LogP contribution in [0.25, 0.3) is 0 Å². The molecule has 3 N–H and O–H groups in total. The zero-order valence-electron chi connectivity index (χ0n) is 46.0. The molecule has 7 aromatic rings.